The number of thiophene rings is 1. The van der Waals surface area contributed by atoms with Crippen molar-refractivity contribution in [3.05, 3.63) is 111 Å². The molecule has 3 aromatic carbocycles. The Balaban J connectivity index is 1.27. The summed E-state index contributed by atoms with van der Waals surface area (Å²) in [5.74, 6) is 0.0309. The number of rotatable bonds is 10. The van der Waals surface area contributed by atoms with E-state index in [9.17, 15) is 14.4 Å². The van der Waals surface area contributed by atoms with Gasteiger partial charge in [0.05, 0.1) is 36.1 Å². The second kappa shape index (κ2) is 13.7. The Morgan fingerprint density at radius 1 is 1.02 bits per heavy atom. The molecule has 0 spiro atoms. The van der Waals surface area contributed by atoms with E-state index in [0.717, 1.165) is 36.5 Å². The topological polar surface area (TPSA) is 103 Å². The molecule has 0 unspecified atom stereocenters. The number of thioether (sulfide) groups is 1. The summed E-state index contributed by atoms with van der Waals surface area (Å²) in [6.07, 6.45) is 0.769. The fraction of sp³-hybridized carbons (Fsp3) is 0.235. The van der Waals surface area contributed by atoms with Gasteiger partial charge < -0.3 is 14.8 Å². The molecule has 2 aromatic heterocycles. The second-order valence-electron chi connectivity index (χ2n) is 10.5. The van der Waals surface area contributed by atoms with Crippen LogP contribution in [0.25, 0.3) is 15.9 Å². The minimum absolute atomic E-state index is 0.0314. The van der Waals surface area contributed by atoms with Gasteiger partial charge in [0, 0.05) is 30.2 Å². The van der Waals surface area contributed by atoms with Crippen molar-refractivity contribution in [2.45, 2.75) is 31.6 Å². The summed E-state index contributed by atoms with van der Waals surface area (Å²) in [6.45, 7) is 4.50. The minimum atomic E-state index is -0.414. The van der Waals surface area contributed by atoms with Crippen LogP contribution >= 0.6 is 23.1 Å². The van der Waals surface area contributed by atoms with Crippen molar-refractivity contribution in [1.29, 1.82) is 0 Å². The molecule has 0 fully saturated rings. The molecule has 9 nitrogen and oxygen atoms in total. The molecule has 1 amide bonds. The number of nitrogens with zero attached hydrogens (tertiary/aromatic N) is 3. The summed E-state index contributed by atoms with van der Waals surface area (Å²) in [7, 11) is 1.60. The summed E-state index contributed by atoms with van der Waals surface area (Å²) >= 11 is 2.76. The van der Waals surface area contributed by atoms with Crippen LogP contribution in [0.4, 0.5) is 5.69 Å². The highest BCUT2D eigenvalue weighted by Crippen LogP contribution is 2.35. The molecule has 0 bridgehead atoms. The fourth-order valence-corrected chi connectivity index (χ4v) is 7.46. The number of methoxy groups -OCH3 is 1. The van der Waals surface area contributed by atoms with Crippen molar-refractivity contribution < 1.29 is 19.1 Å². The third-order valence-electron chi connectivity index (χ3n) is 7.51. The average Bonchev–Trinajstić information content (AvgIpc) is 3.43. The van der Waals surface area contributed by atoms with Gasteiger partial charge in [0.2, 0.25) is 5.91 Å². The molecule has 0 saturated carbocycles. The predicted octanol–water partition coefficient (Wildman–Crippen LogP) is 5.92. The van der Waals surface area contributed by atoms with E-state index in [1.165, 1.54) is 17.3 Å². The standard InChI is InChI=1S/C34H32N4O5S2/c1-3-43-33(41)23-9-11-24(12-10-23)35-29(39)21-44-34-36-31-30(32(40)38(34)25-13-15-26(42-2)16-14-25)27-17-18-37(20-28(27)45-31)19-22-7-5-4-6-8-22/h4-16H,3,17-21H2,1-2H3,(H,35,39). The van der Waals surface area contributed by atoms with E-state index in [0.29, 0.717) is 38.1 Å². The van der Waals surface area contributed by atoms with Crippen molar-refractivity contribution in [2.75, 3.05) is 31.3 Å². The number of hydrogen-bond donors (Lipinski definition) is 1. The van der Waals surface area contributed by atoms with Crippen LogP contribution in [0.15, 0.2) is 88.8 Å². The number of carbonyl (C=O) groups excluding carboxylic acids is 2. The summed E-state index contributed by atoms with van der Waals surface area (Å²) in [5, 5.41) is 3.94. The first kappa shape index (κ1) is 30.6. The molecule has 0 saturated heterocycles. The van der Waals surface area contributed by atoms with Gasteiger partial charge in [-0.05, 0) is 73.0 Å². The summed E-state index contributed by atoms with van der Waals surface area (Å²) in [4.78, 5) is 48.3. The van der Waals surface area contributed by atoms with Crippen LogP contribution in [0.3, 0.4) is 0 Å². The predicted molar refractivity (Wildman–Crippen MR) is 178 cm³/mol. The Morgan fingerprint density at radius 2 is 1.78 bits per heavy atom. The van der Waals surface area contributed by atoms with Gasteiger partial charge in [-0.15, -0.1) is 11.3 Å². The van der Waals surface area contributed by atoms with Gasteiger partial charge in [0.25, 0.3) is 5.56 Å². The SMILES string of the molecule is CCOC(=O)c1ccc(NC(=O)CSc2nc3sc4c(c3c(=O)n2-c2ccc(OC)cc2)CCN(Cc2ccccc2)C4)cc1. The Kier molecular flexibility index (Phi) is 9.29. The summed E-state index contributed by atoms with van der Waals surface area (Å²) in [5.41, 5.74) is 3.79. The maximum absolute atomic E-state index is 14.2. The molecule has 230 valence electrons. The lowest BCUT2D eigenvalue weighted by atomic mass is 10.0. The van der Waals surface area contributed by atoms with Crippen LogP contribution in [0.2, 0.25) is 0 Å². The number of benzene rings is 3. The van der Waals surface area contributed by atoms with Gasteiger partial charge >= 0.3 is 5.97 Å². The highest BCUT2D eigenvalue weighted by molar-refractivity contribution is 7.99. The van der Waals surface area contributed by atoms with E-state index < -0.39 is 5.97 Å². The zero-order valence-corrected chi connectivity index (χ0v) is 26.6. The van der Waals surface area contributed by atoms with Gasteiger partial charge in [-0.25, -0.2) is 9.78 Å². The van der Waals surface area contributed by atoms with E-state index in [4.69, 9.17) is 14.5 Å². The van der Waals surface area contributed by atoms with Crippen molar-refractivity contribution in [2.24, 2.45) is 0 Å². The molecular formula is C34H32N4O5S2. The molecule has 1 N–H and O–H groups in total. The fourth-order valence-electron chi connectivity index (χ4n) is 5.34. The molecule has 1 aliphatic rings. The van der Waals surface area contributed by atoms with Crippen molar-refractivity contribution in [3.63, 3.8) is 0 Å². The first-order valence-corrected chi connectivity index (χ1v) is 16.4. The van der Waals surface area contributed by atoms with Crippen molar-refractivity contribution in [1.82, 2.24) is 14.5 Å². The largest absolute Gasteiger partial charge is 0.497 e. The van der Waals surface area contributed by atoms with Crippen molar-refractivity contribution in [3.8, 4) is 11.4 Å². The van der Waals surface area contributed by atoms with E-state index in [1.54, 1.807) is 66.3 Å². The summed E-state index contributed by atoms with van der Waals surface area (Å²) < 4.78 is 11.9. The molecule has 0 atom stereocenters. The minimum Gasteiger partial charge on any atom is -0.497 e. The number of fused-ring (bicyclic) bond motifs is 3. The smallest absolute Gasteiger partial charge is 0.338 e. The maximum atomic E-state index is 14.2. The van der Waals surface area contributed by atoms with E-state index in [-0.39, 0.29) is 23.8 Å². The maximum Gasteiger partial charge on any atom is 0.338 e. The van der Waals surface area contributed by atoms with Crippen molar-refractivity contribution >= 4 is 50.9 Å². The van der Waals surface area contributed by atoms with Crippen LogP contribution in [-0.4, -0.2) is 52.3 Å². The molecule has 5 aromatic rings. The summed E-state index contributed by atoms with van der Waals surface area (Å²) in [6, 6.07) is 24.2. The quantitative estimate of drug-likeness (QED) is 0.114. The third-order valence-corrected chi connectivity index (χ3v) is 9.56. The number of hydrogen-bond acceptors (Lipinski definition) is 9. The van der Waals surface area contributed by atoms with Gasteiger partial charge in [-0.3, -0.25) is 19.1 Å². The molecule has 0 aliphatic carbocycles. The van der Waals surface area contributed by atoms with Gasteiger partial charge in [0.15, 0.2) is 5.16 Å². The number of esters is 1. The number of nitrogens with one attached hydrogen (secondary N) is 1. The van der Waals surface area contributed by atoms with Gasteiger partial charge in [-0.2, -0.15) is 0 Å². The number of ether oxygens (including phenoxy) is 2. The molecule has 45 heavy (non-hydrogen) atoms. The zero-order valence-electron chi connectivity index (χ0n) is 24.9. The van der Waals surface area contributed by atoms with Gasteiger partial charge in [-0.1, -0.05) is 42.1 Å². The van der Waals surface area contributed by atoms with Crippen LogP contribution in [0.5, 0.6) is 5.75 Å². The first-order valence-electron chi connectivity index (χ1n) is 14.6. The zero-order chi connectivity index (χ0) is 31.3. The normalized spacial score (nSPS) is 12.9. The van der Waals surface area contributed by atoms with E-state index in [2.05, 4.69) is 34.5 Å². The monoisotopic (exact) mass is 640 g/mol. The molecule has 11 heteroatoms. The lowest BCUT2D eigenvalue weighted by Crippen LogP contribution is -2.30. The number of aromatic nitrogens is 2. The molecule has 0 radical (unpaired) electrons. The Bertz CT molecular complexity index is 1890. The molecule has 1 aliphatic heterocycles. The van der Waals surface area contributed by atoms with Crippen LogP contribution in [0, 0.1) is 0 Å². The van der Waals surface area contributed by atoms with Gasteiger partial charge in [0.1, 0.15) is 10.6 Å². The third kappa shape index (κ3) is 6.80. The van der Waals surface area contributed by atoms with Crippen LogP contribution < -0.4 is 15.6 Å². The molecular weight excluding hydrogens is 609 g/mol. The lowest BCUT2D eigenvalue weighted by molar-refractivity contribution is -0.113. The highest BCUT2D eigenvalue weighted by Gasteiger charge is 2.26. The number of carbonyl (C=O) groups is 2. The average molecular weight is 641 g/mol. The van der Waals surface area contributed by atoms with E-state index >= 15 is 0 Å². The second-order valence-corrected chi connectivity index (χ2v) is 12.5. The first-order chi connectivity index (χ1) is 21.9. The number of anilines is 1. The Hall–Kier alpha value is -4.45. The number of amides is 1. The van der Waals surface area contributed by atoms with Crippen LogP contribution in [-0.2, 0) is 29.0 Å². The van der Waals surface area contributed by atoms with Crippen LogP contribution in [0.1, 0.15) is 33.3 Å². The Morgan fingerprint density at radius 3 is 2.49 bits per heavy atom. The highest BCUT2D eigenvalue weighted by atomic mass is 32.2. The molecule has 3 heterocycles. The Labute approximate surface area is 268 Å². The van der Waals surface area contributed by atoms with E-state index in [1.807, 2.05) is 18.2 Å². The lowest BCUT2D eigenvalue weighted by Gasteiger charge is -2.26. The molecule has 6 rings (SSSR count).